The van der Waals surface area contributed by atoms with Crippen LogP contribution >= 0.6 is 0 Å². The van der Waals surface area contributed by atoms with Crippen LogP contribution in [-0.2, 0) is 0 Å². The number of carbonyl (C=O) groups is 1. The summed E-state index contributed by atoms with van der Waals surface area (Å²) in [5.74, 6) is 0.105. The van der Waals surface area contributed by atoms with Gasteiger partial charge in [0.2, 0.25) is 0 Å². The van der Waals surface area contributed by atoms with Crippen molar-refractivity contribution in [1.29, 1.82) is 0 Å². The number of hydrogen-bond acceptors (Lipinski definition) is 3. The first kappa shape index (κ1) is 15.9. The number of carbonyl (C=O) groups excluding carboxylic acids is 1. The zero-order chi connectivity index (χ0) is 16.1. The van der Waals surface area contributed by atoms with Gasteiger partial charge in [-0.1, -0.05) is 11.6 Å². The van der Waals surface area contributed by atoms with Crippen LogP contribution in [0.3, 0.4) is 0 Å². The highest BCUT2D eigenvalue weighted by molar-refractivity contribution is 5.96. The molecule has 3 N–H and O–H groups in total. The van der Waals surface area contributed by atoms with E-state index in [0.717, 1.165) is 44.6 Å². The summed E-state index contributed by atoms with van der Waals surface area (Å²) >= 11 is 0. The molecule has 1 aliphatic carbocycles. The largest absolute Gasteiger partial charge is 0.397 e. The van der Waals surface area contributed by atoms with E-state index in [9.17, 15) is 4.79 Å². The summed E-state index contributed by atoms with van der Waals surface area (Å²) in [5.41, 5.74) is 9.98. The predicted molar refractivity (Wildman–Crippen MR) is 95.6 cm³/mol. The van der Waals surface area contributed by atoms with Gasteiger partial charge in [-0.15, -0.1) is 0 Å². The fourth-order valence-electron chi connectivity index (χ4n) is 3.45. The molecule has 1 aromatic carbocycles. The lowest BCUT2D eigenvalue weighted by Crippen LogP contribution is -2.27. The van der Waals surface area contributed by atoms with E-state index in [2.05, 4.69) is 11.4 Å². The van der Waals surface area contributed by atoms with E-state index in [4.69, 9.17) is 5.73 Å². The van der Waals surface area contributed by atoms with Gasteiger partial charge < -0.3 is 16.0 Å². The minimum atomic E-state index is 0.105. The lowest BCUT2D eigenvalue weighted by atomic mass is 9.97. The van der Waals surface area contributed by atoms with Gasteiger partial charge in [-0.25, -0.2) is 0 Å². The van der Waals surface area contributed by atoms with Crippen molar-refractivity contribution >= 4 is 17.3 Å². The van der Waals surface area contributed by atoms with Gasteiger partial charge in [-0.05, 0) is 63.1 Å². The molecule has 3 rings (SSSR count). The Labute approximate surface area is 138 Å². The second kappa shape index (κ2) is 7.53. The van der Waals surface area contributed by atoms with Gasteiger partial charge in [0.15, 0.2) is 0 Å². The van der Waals surface area contributed by atoms with Crippen molar-refractivity contribution in [2.75, 3.05) is 30.7 Å². The molecular weight excluding hydrogens is 286 g/mol. The molecule has 0 spiro atoms. The summed E-state index contributed by atoms with van der Waals surface area (Å²) < 4.78 is 0. The van der Waals surface area contributed by atoms with Crippen molar-refractivity contribution in [2.24, 2.45) is 0 Å². The number of nitrogens with one attached hydrogen (secondary N) is 1. The molecule has 23 heavy (non-hydrogen) atoms. The molecule has 1 amide bonds. The Bertz CT molecular complexity index is 588. The summed E-state index contributed by atoms with van der Waals surface area (Å²) in [6.07, 6.45) is 10.8. The van der Waals surface area contributed by atoms with Crippen LogP contribution in [0, 0.1) is 0 Å². The average Bonchev–Trinajstić information content (AvgIpc) is 3.11. The van der Waals surface area contributed by atoms with Crippen LogP contribution in [0.15, 0.2) is 29.8 Å². The van der Waals surface area contributed by atoms with E-state index in [1.165, 1.54) is 25.7 Å². The highest BCUT2D eigenvalue weighted by Gasteiger charge is 2.19. The van der Waals surface area contributed by atoms with Gasteiger partial charge in [0.05, 0.1) is 11.4 Å². The average molecular weight is 313 g/mol. The lowest BCUT2D eigenvalue weighted by Gasteiger charge is -2.17. The Kier molecular flexibility index (Phi) is 5.21. The maximum absolute atomic E-state index is 12.4. The van der Waals surface area contributed by atoms with Crippen LogP contribution in [0.2, 0.25) is 0 Å². The molecule has 0 aromatic heterocycles. The normalized spacial score (nSPS) is 17.9. The van der Waals surface area contributed by atoms with E-state index >= 15 is 0 Å². The molecule has 0 atom stereocenters. The molecule has 0 unspecified atom stereocenters. The van der Waals surface area contributed by atoms with Crippen LogP contribution < -0.4 is 11.1 Å². The van der Waals surface area contributed by atoms with E-state index in [-0.39, 0.29) is 5.91 Å². The molecule has 4 heteroatoms. The molecule has 1 saturated heterocycles. The highest BCUT2D eigenvalue weighted by atomic mass is 16.2. The van der Waals surface area contributed by atoms with Crippen molar-refractivity contribution in [1.82, 2.24) is 4.90 Å². The molecule has 2 aliphatic rings. The Morgan fingerprint density at radius 2 is 2.00 bits per heavy atom. The smallest absolute Gasteiger partial charge is 0.253 e. The van der Waals surface area contributed by atoms with Crippen molar-refractivity contribution in [3.63, 3.8) is 0 Å². The van der Waals surface area contributed by atoms with E-state index in [1.54, 1.807) is 5.57 Å². The maximum atomic E-state index is 12.4. The number of benzene rings is 1. The van der Waals surface area contributed by atoms with Crippen molar-refractivity contribution in [3.8, 4) is 0 Å². The number of rotatable bonds is 5. The van der Waals surface area contributed by atoms with Crippen LogP contribution in [-0.4, -0.2) is 30.4 Å². The van der Waals surface area contributed by atoms with Gasteiger partial charge in [-0.3, -0.25) is 4.79 Å². The monoisotopic (exact) mass is 313 g/mol. The third-order valence-electron chi connectivity index (χ3n) is 4.84. The highest BCUT2D eigenvalue weighted by Crippen LogP contribution is 2.24. The molecular formula is C19H27N3O. The number of likely N-dealkylation sites (tertiary alicyclic amines) is 1. The molecule has 0 bridgehead atoms. The molecule has 124 valence electrons. The zero-order valence-corrected chi connectivity index (χ0v) is 13.8. The molecule has 1 aromatic rings. The summed E-state index contributed by atoms with van der Waals surface area (Å²) in [6, 6.07) is 5.63. The SMILES string of the molecule is Nc1cc(C(=O)N2CCCC2)ccc1NCCC1=CCCCC1. The van der Waals surface area contributed by atoms with Crippen LogP contribution in [0.5, 0.6) is 0 Å². The topological polar surface area (TPSA) is 58.4 Å². The number of nitrogen functional groups attached to an aromatic ring is 1. The number of amides is 1. The Morgan fingerprint density at radius 1 is 1.17 bits per heavy atom. The Balaban J connectivity index is 1.56. The molecule has 0 radical (unpaired) electrons. The van der Waals surface area contributed by atoms with Crippen molar-refractivity contribution in [3.05, 3.63) is 35.4 Å². The third kappa shape index (κ3) is 4.06. The van der Waals surface area contributed by atoms with Crippen LogP contribution in [0.1, 0.15) is 55.3 Å². The fourth-order valence-corrected chi connectivity index (χ4v) is 3.45. The number of anilines is 2. The minimum Gasteiger partial charge on any atom is -0.397 e. The van der Waals surface area contributed by atoms with E-state index in [1.807, 2.05) is 23.1 Å². The first-order valence-corrected chi connectivity index (χ1v) is 8.84. The number of hydrogen-bond donors (Lipinski definition) is 2. The van der Waals surface area contributed by atoms with Gasteiger partial charge >= 0.3 is 0 Å². The second-order valence-electron chi connectivity index (χ2n) is 6.59. The van der Waals surface area contributed by atoms with Gasteiger partial charge in [0, 0.05) is 25.2 Å². The van der Waals surface area contributed by atoms with Crippen LogP contribution in [0.25, 0.3) is 0 Å². The summed E-state index contributed by atoms with van der Waals surface area (Å²) in [6.45, 7) is 2.64. The number of nitrogens with zero attached hydrogens (tertiary/aromatic N) is 1. The molecule has 1 aliphatic heterocycles. The van der Waals surface area contributed by atoms with Gasteiger partial charge in [-0.2, -0.15) is 0 Å². The quantitative estimate of drug-likeness (QED) is 0.642. The Hall–Kier alpha value is -1.97. The van der Waals surface area contributed by atoms with Crippen LogP contribution in [0.4, 0.5) is 11.4 Å². The Morgan fingerprint density at radius 3 is 2.70 bits per heavy atom. The number of allylic oxidation sites excluding steroid dienone is 1. The molecule has 4 nitrogen and oxygen atoms in total. The number of nitrogens with two attached hydrogens (primary N) is 1. The standard InChI is InChI=1S/C19H27N3O/c20-17-14-16(19(23)22-12-4-5-13-22)8-9-18(17)21-11-10-15-6-2-1-3-7-15/h6,8-9,14,21H,1-5,7,10-13,20H2. The molecule has 1 fully saturated rings. The predicted octanol–water partition coefficient (Wildman–Crippen LogP) is 3.81. The fraction of sp³-hybridized carbons (Fsp3) is 0.526. The summed E-state index contributed by atoms with van der Waals surface area (Å²) in [5, 5.41) is 3.41. The van der Waals surface area contributed by atoms with E-state index in [0.29, 0.717) is 11.3 Å². The second-order valence-corrected chi connectivity index (χ2v) is 6.59. The van der Waals surface area contributed by atoms with Crippen molar-refractivity contribution < 1.29 is 4.79 Å². The minimum absolute atomic E-state index is 0.105. The molecule has 1 heterocycles. The van der Waals surface area contributed by atoms with E-state index < -0.39 is 0 Å². The summed E-state index contributed by atoms with van der Waals surface area (Å²) in [7, 11) is 0. The first-order valence-electron chi connectivity index (χ1n) is 8.84. The third-order valence-corrected chi connectivity index (χ3v) is 4.84. The lowest BCUT2D eigenvalue weighted by molar-refractivity contribution is 0.0793. The summed E-state index contributed by atoms with van der Waals surface area (Å²) in [4.78, 5) is 14.3. The van der Waals surface area contributed by atoms with Crippen molar-refractivity contribution in [2.45, 2.75) is 44.9 Å². The zero-order valence-electron chi connectivity index (χ0n) is 13.8. The van der Waals surface area contributed by atoms with Gasteiger partial charge in [0.1, 0.15) is 0 Å². The maximum Gasteiger partial charge on any atom is 0.253 e. The molecule has 0 saturated carbocycles. The first-order chi connectivity index (χ1) is 11.2. The van der Waals surface area contributed by atoms with Gasteiger partial charge in [0.25, 0.3) is 5.91 Å².